The average molecular weight is 286 g/mol. The Morgan fingerprint density at radius 2 is 2.17 bits per heavy atom. The zero-order valence-electron chi connectivity index (χ0n) is 10.1. The van der Waals surface area contributed by atoms with Crippen LogP contribution in [-0.4, -0.2) is 28.8 Å². The molecule has 1 aromatic carbocycles. The van der Waals surface area contributed by atoms with Gasteiger partial charge in [-0.25, -0.2) is 4.39 Å². The zero-order valence-corrected chi connectivity index (χ0v) is 11.7. The maximum atomic E-state index is 12.7. The fraction of sp³-hybridized carbons (Fsp3) is 0.462. The normalized spacial score (nSPS) is 23.2. The Labute approximate surface area is 115 Å². The molecule has 0 N–H and O–H groups in total. The summed E-state index contributed by atoms with van der Waals surface area (Å²) in [5.41, 5.74) is 0. The highest BCUT2D eigenvalue weighted by Crippen LogP contribution is 2.29. The second-order valence-corrected chi connectivity index (χ2v) is 6.76. The zero-order chi connectivity index (χ0) is 13.0. The first-order valence-electron chi connectivity index (χ1n) is 5.80. The van der Waals surface area contributed by atoms with E-state index < -0.39 is 0 Å². The predicted octanol–water partition coefficient (Wildman–Crippen LogP) is 3.36. The number of rotatable bonds is 4. The summed E-state index contributed by atoms with van der Waals surface area (Å²) in [6.07, 6.45) is 1.11. The van der Waals surface area contributed by atoms with Gasteiger partial charge in [-0.1, -0.05) is 11.8 Å². The van der Waals surface area contributed by atoms with Crippen LogP contribution < -0.4 is 0 Å². The van der Waals surface area contributed by atoms with Crippen LogP contribution in [0, 0.1) is 5.82 Å². The summed E-state index contributed by atoms with van der Waals surface area (Å²) in [6, 6.07) is 6.48. The lowest BCUT2D eigenvalue weighted by Crippen LogP contribution is -2.09. The van der Waals surface area contributed by atoms with Gasteiger partial charge in [0.1, 0.15) is 5.82 Å². The number of carbonyl (C=O) groups is 1. The lowest BCUT2D eigenvalue weighted by atomic mass is 10.3. The van der Waals surface area contributed by atoms with Crippen LogP contribution >= 0.6 is 23.5 Å². The summed E-state index contributed by atoms with van der Waals surface area (Å²) in [5.74, 6) is 0.634. The molecule has 5 heteroatoms. The summed E-state index contributed by atoms with van der Waals surface area (Å²) in [5, 5.41) is 0.441. The molecule has 0 radical (unpaired) electrons. The Bertz CT molecular complexity index is 408. The number of carbonyl (C=O) groups excluding carboxylic acids is 1. The monoisotopic (exact) mass is 286 g/mol. The minimum absolute atomic E-state index is 0.149. The van der Waals surface area contributed by atoms with Gasteiger partial charge in [-0.3, -0.25) is 4.79 Å². The van der Waals surface area contributed by atoms with E-state index in [0.29, 0.717) is 11.9 Å². The molecule has 1 aliphatic heterocycles. The van der Waals surface area contributed by atoms with Gasteiger partial charge in [-0.05, 0) is 30.7 Å². The largest absolute Gasteiger partial charge is 0.376 e. The second kappa shape index (κ2) is 6.59. The smallest absolute Gasteiger partial charge is 0.186 e. The summed E-state index contributed by atoms with van der Waals surface area (Å²) in [4.78, 5) is 12.0. The van der Waals surface area contributed by atoms with Crippen LogP contribution in [0.1, 0.15) is 13.3 Å². The Morgan fingerprint density at radius 3 is 2.83 bits per heavy atom. The molecule has 0 spiro atoms. The van der Waals surface area contributed by atoms with Crippen molar-refractivity contribution >= 4 is 28.6 Å². The molecule has 18 heavy (non-hydrogen) atoms. The quantitative estimate of drug-likeness (QED) is 0.793. The topological polar surface area (TPSA) is 26.3 Å². The number of ether oxygens (including phenoxy) is 1. The van der Waals surface area contributed by atoms with Crippen LogP contribution in [0.3, 0.4) is 0 Å². The Kier molecular flexibility index (Phi) is 5.09. The molecule has 1 aromatic rings. The van der Waals surface area contributed by atoms with E-state index in [9.17, 15) is 9.18 Å². The molecule has 0 bridgehead atoms. The number of thioether (sulfide) groups is 2. The fourth-order valence-electron chi connectivity index (χ4n) is 1.83. The molecule has 2 nitrogen and oxygen atoms in total. The van der Waals surface area contributed by atoms with Gasteiger partial charge in [0.05, 0.1) is 12.7 Å². The van der Waals surface area contributed by atoms with Crippen molar-refractivity contribution in [2.75, 3.05) is 12.4 Å². The molecule has 1 aliphatic rings. The summed E-state index contributed by atoms with van der Waals surface area (Å²) in [6.45, 7) is 2.24. The standard InChI is InChI=1S/C13H15FO2S2/c1-9(15)18-13-6-11(16-7-13)8-17-12-4-2-10(14)3-5-12/h2-5,11,13H,6-8H2,1H3/t11-,13+/m1/s1. The number of hydrogen-bond acceptors (Lipinski definition) is 4. The van der Waals surface area contributed by atoms with Crippen molar-refractivity contribution in [3.05, 3.63) is 30.1 Å². The summed E-state index contributed by atoms with van der Waals surface area (Å²) in [7, 11) is 0. The van der Waals surface area contributed by atoms with Crippen LogP contribution in [0.25, 0.3) is 0 Å². The maximum Gasteiger partial charge on any atom is 0.186 e. The average Bonchev–Trinajstić information content (AvgIpc) is 2.75. The molecule has 0 saturated carbocycles. The molecule has 0 aromatic heterocycles. The van der Waals surface area contributed by atoms with Gasteiger partial charge in [0.2, 0.25) is 0 Å². The Morgan fingerprint density at radius 1 is 1.44 bits per heavy atom. The van der Waals surface area contributed by atoms with Gasteiger partial charge in [-0.15, -0.1) is 11.8 Å². The molecular weight excluding hydrogens is 271 g/mol. The van der Waals surface area contributed by atoms with Crippen molar-refractivity contribution in [3.63, 3.8) is 0 Å². The third-order valence-corrected chi connectivity index (χ3v) is 4.76. The van der Waals surface area contributed by atoms with Crippen LogP contribution in [0.4, 0.5) is 4.39 Å². The van der Waals surface area contributed by atoms with Gasteiger partial charge in [-0.2, -0.15) is 0 Å². The summed E-state index contributed by atoms with van der Waals surface area (Å²) >= 11 is 3.03. The van der Waals surface area contributed by atoms with Gasteiger partial charge >= 0.3 is 0 Å². The van der Waals surface area contributed by atoms with Crippen molar-refractivity contribution < 1.29 is 13.9 Å². The first-order chi connectivity index (χ1) is 8.63. The highest BCUT2D eigenvalue weighted by atomic mass is 32.2. The molecule has 2 atom stereocenters. The Hall–Kier alpha value is -0.520. The SMILES string of the molecule is CC(=O)S[C@@H]1CO[C@@H](CSc2ccc(F)cc2)C1. The molecule has 0 unspecified atom stereocenters. The van der Waals surface area contributed by atoms with Gasteiger partial charge in [0.15, 0.2) is 5.12 Å². The van der Waals surface area contributed by atoms with E-state index in [1.807, 2.05) is 0 Å². The molecule has 98 valence electrons. The number of halogens is 1. The molecule has 1 saturated heterocycles. The minimum atomic E-state index is -0.214. The minimum Gasteiger partial charge on any atom is -0.376 e. The molecular formula is C13H15FO2S2. The van der Waals surface area contributed by atoms with Crippen molar-refractivity contribution in [2.45, 2.75) is 29.6 Å². The van der Waals surface area contributed by atoms with E-state index in [1.165, 1.54) is 23.9 Å². The molecule has 1 fully saturated rings. The maximum absolute atomic E-state index is 12.7. The van der Waals surface area contributed by atoms with Crippen LogP contribution in [0.5, 0.6) is 0 Å². The van der Waals surface area contributed by atoms with E-state index in [2.05, 4.69) is 0 Å². The van der Waals surface area contributed by atoms with Gasteiger partial charge in [0.25, 0.3) is 0 Å². The van der Waals surface area contributed by atoms with Crippen LogP contribution in [-0.2, 0) is 9.53 Å². The highest BCUT2D eigenvalue weighted by Gasteiger charge is 2.26. The van der Waals surface area contributed by atoms with Crippen molar-refractivity contribution in [2.24, 2.45) is 0 Å². The first-order valence-corrected chi connectivity index (χ1v) is 7.67. The number of benzene rings is 1. The number of hydrogen-bond donors (Lipinski definition) is 0. The second-order valence-electron chi connectivity index (χ2n) is 4.19. The van der Waals surface area contributed by atoms with E-state index >= 15 is 0 Å². The van der Waals surface area contributed by atoms with Crippen molar-refractivity contribution in [3.8, 4) is 0 Å². The van der Waals surface area contributed by atoms with Crippen LogP contribution in [0.2, 0.25) is 0 Å². The van der Waals surface area contributed by atoms with Crippen LogP contribution in [0.15, 0.2) is 29.2 Å². The van der Waals surface area contributed by atoms with E-state index in [-0.39, 0.29) is 17.0 Å². The lowest BCUT2D eigenvalue weighted by molar-refractivity contribution is -0.109. The van der Waals surface area contributed by atoms with E-state index in [1.54, 1.807) is 30.8 Å². The van der Waals surface area contributed by atoms with Gasteiger partial charge in [0, 0.05) is 22.8 Å². The highest BCUT2D eigenvalue weighted by molar-refractivity contribution is 8.14. The van der Waals surface area contributed by atoms with Gasteiger partial charge < -0.3 is 4.74 Å². The molecule has 1 heterocycles. The van der Waals surface area contributed by atoms with Crippen molar-refractivity contribution in [1.29, 1.82) is 0 Å². The van der Waals surface area contributed by atoms with E-state index in [0.717, 1.165) is 17.1 Å². The molecule has 0 aliphatic carbocycles. The lowest BCUT2D eigenvalue weighted by Gasteiger charge is -2.08. The third-order valence-electron chi connectivity index (χ3n) is 2.63. The van der Waals surface area contributed by atoms with Crippen molar-refractivity contribution in [1.82, 2.24) is 0 Å². The first kappa shape index (κ1) is 13.9. The third kappa shape index (κ3) is 4.30. The Balaban J connectivity index is 1.75. The summed E-state index contributed by atoms with van der Waals surface area (Å²) < 4.78 is 18.4. The van der Waals surface area contributed by atoms with E-state index in [4.69, 9.17) is 4.74 Å². The fourth-order valence-corrected chi connectivity index (χ4v) is 3.69. The molecule has 0 amide bonds. The molecule has 2 rings (SSSR count). The predicted molar refractivity (Wildman–Crippen MR) is 73.5 cm³/mol.